The summed E-state index contributed by atoms with van der Waals surface area (Å²) in [6.45, 7) is 16.6. The first-order valence-electron chi connectivity index (χ1n) is 13.0. The molecule has 0 aliphatic heterocycles. The van der Waals surface area contributed by atoms with Crippen molar-refractivity contribution in [2.45, 2.75) is 117 Å². The summed E-state index contributed by atoms with van der Waals surface area (Å²) in [5, 5.41) is 10.6. The van der Waals surface area contributed by atoms with Crippen molar-refractivity contribution in [3.05, 3.63) is 17.9 Å². The highest BCUT2D eigenvalue weighted by atomic mass is 127. The maximum Gasteiger partial charge on any atom is 0.160 e. The molecule has 0 bridgehead atoms. The van der Waals surface area contributed by atoms with Gasteiger partial charge in [0.1, 0.15) is 0 Å². The molecule has 186 valence electrons. The molecule has 0 saturated heterocycles. The molecule has 0 aromatic carbocycles. The molecule has 4 fully saturated rings. The minimum Gasteiger partial charge on any atom is -0.366 e. The van der Waals surface area contributed by atoms with Crippen molar-refractivity contribution < 1.29 is 9.84 Å². The van der Waals surface area contributed by atoms with Crippen LogP contribution in [0.3, 0.4) is 0 Å². The van der Waals surface area contributed by atoms with Crippen LogP contribution >= 0.6 is 22.6 Å². The van der Waals surface area contributed by atoms with Crippen molar-refractivity contribution >= 4 is 22.6 Å². The van der Waals surface area contributed by atoms with Gasteiger partial charge in [0.25, 0.3) is 0 Å². The molecular formula is C28H50INO2. The second-order valence-corrected chi connectivity index (χ2v) is 11.4. The lowest BCUT2D eigenvalue weighted by Crippen LogP contribution is -2.61. The standard InChI is InChI=1S/C25H41NO2.C2H6.CH3I/c1-6-16-8-7-9-19-22-20(11-13-24(16,19)4)25(5)12-10-18(26)14-17(25)15-21(22)28-23(2,3)27;2*1-2/h17-22,27H,1,7-15,26H2,2-5H3;1-2H3;1H3. The Bertz CT molecular complexity index is 667. The smallest absolute Gasteiger partial charge is 0.160 e. The fraction of sp³-hybridized carbons (Fsp3) is 0.893. The van der Waals surface area contributed by atoms with Crippen molar-refractivity contribution in [3.8, 4) is 0 Å². The number of nitrogens with two attached hydrogens (primary N) is 1. The van der Waals surface area contributed by atoms with Gasteiger partial charge in [0.05, 0.1) is 6.10 Å². The van der Waals surface area contributed by atoms with Crippen LogP contribution < -0.4 is 5.73 Å². The largest absolute Gasteiger partial charge is 0.366 e. The van der Waals surface area contributed by atoms with Gasteiger partial charge in [-0.1, -0.05) is 56.9 Å². The highest BCUT2D eigenvalue weighted by Crippen LogP contribution is 2.66. The van der Waals surface area contributed by atoms with E-state index in [9.17, 15) is 5.11 Å². The average Bonchev–Trinajstić information content (AvgIpc) is 2.75. The van der Waals surface area contributed by atoms with Crippen LogP contribution in [-0.4, -0.2) is 28.0 Å². The summed E-state index contributed by atoms with van der Waals surface area (Å²) in [6, 6.07) is 0.330. The maximum absolute atomic E-state index is 10.6. The van der Waals surface area contributed by atoms with Gasteiger partial charge in [0.15, 0.2) is 5.79 Å². The van der Waals surface area contributed by atoms with E-state index in [0.717, 1.165) is 25.7 Å². The summed E-state index contributed by atoms with van der Waals surface area (Å²) < 4.78 is 6.41. The van der Waals surface area contributed by atoms with Gasteiger partial charge in [-0.15, -0.1) is 5.73 Å². The van der Waals surface area contributed by atoms with Crippen molar-refractivity contribution in [1.29, 1.82) is 0 Å². The van der Waals surface area contributed by atoms with Crippen LogP contribution in [0.25, 0.3) is 0 Å². The van der Waals surface area contributed by atoms with E-state index < -0.39 is 5.79 Å². The Balaban J connectivity index is 0.000000860. The van der Waals surface area contributed by atoms with Crippen LogP contribution in [0, 0.1) is 34.5 Å². The Labute approximate surface area is 212 Å². The lowest BCUT2D eigenvalue weighted by Gasteiger charge is -2.64. The molecule has 4 aliphatic rings. The fourth-order valence-corrected chi connectivity index (χ4v) is 8.03. The first-order chi connectivity index (χ1) is 15.1. The van der Waals surface area contributed by atoms with E-state index in [-0.39, 0.29) is 11.5 Å². The Morgan fingerprint density at radius 1 is 1.09 bits per heavy atom. The molecule has 8 unspecified atom stereocenters. The molecule has 0 amide bonds. The number of halogens is 1. The van der Waals surface area contributed by atoms with Gasteiger partial charge in [-0.2, -0.15) is 0 Å². The number of fused-ring (bicyclic) bond motifs is 5. The van der Waals surface area contributed by atoms with Crippen LogP contribution in [-0.2, 0) is 4.74 Å². The summed E-state index contributed by atoms with van der Waals surface area (Å²) in [5.74, 6) is 1.34. The number of rotatable bonds is 2. The molecule has 4 rings (SSSR count). The third kappa shape index (κ3) is 5.35. The number of alkyl halides is 1. The Morgan fingerprint density at radius 3 is 2.34 bits per heavy atom. The molecule has 0 spiro atoms. The summed E-state index contributed by atoms with van der Waals surface area (Å²) in [6.07, 6.45) is 10.9. The summed E-state index contributed by atoms with van der Waals surface area (Å²) in [7, 11) is 0. The number of hydrogen-bond acceptors (Lipinski definition) is 3. The monoisotopic (exact) mass is 559 g/mol. The topological polar surface area (TPSA) is 55.5 Å². The average molecular weight is 560 g/mol. The van der Waals surface area contributed by atoms with Gasteiger partial charge in [-0.3, -0.25) is 0 Å². The van der Waals surface area contributed by atoms with E-state index in [1.165, 1.54) is 37.7 Å². The molecule has 4 heteroatoms. The second kappa shape index (κ2) is 11.2. The number of aliphatic hydroxyl groups is 1. The quantitative estimate of drug-likeness (QED) is 0.162. The van der Waals surface area contributed by atoms with Gasteiger partial charge >= 0.3 is 0 Å². The molecule has 0 aromatic heterocycles. The molecule has 4 aliphatic carbocycles. The molecule has 3 nitrogen and oxygen atoms in total. The number of allylic oxidation sites excluding steroid dienone is 1. The SMILES string of the molecule is C=C=C1CCCC2C3C(OC(C)(C)O)CC4CC(N)CCC4(C)C3CCC12C.CC.CI. The zero-order chi connectivity index (χ0) is 24.3. The molecule has 32 heavy (non-hydrogen) atoms. The van der Waals surface area contributed by atoms with Crippen LogP contribution in [0.15, 0.2) is 17.9 Å². The van der Waals surface area contributed by atoms with E-state index in [1.54, 1.807) is 13.8 Å². The van der Waals surface area contributed by atoms with Gasteiger partial charge in [0, 0.05) is 6.04 Å². The van der Waals surface area contributed by atoms with Crippen LogP contribution in [0.2, 0.25) is 0 Å². The van der Waals surface area contributed by atoms with E-state index in [1.807, 2.05) is 18.8 Å². The van der Waals surface area contributed by atoms with E-state index >= 15 is 0 Å². The molecule has 8 atom stereocenters. The molecule has 0 heterocycles. The van der Waals surface area contributed by atoms with Crippen molar-refractivity contribution in [2.24, 2.45) is 40.2 Å². The highest BCUT2D eigenvalue weighted by Gasteiger charge is 2.61. The Kier molecular flexibility index (Phi) is 9.97. The zero-order valence-corrected chi connectivity index (χ0v) is 24.0. The lowest BCUT2D eigenvalue weighted by atomic mass is 9.42. The van der Waals surface area contributed by atoms with Crippen LogP contribution in [0.1, 0.15) is 99.3 Å². The van der Waals surface area contributed by atoms with E-state index in [0.29, 0.717) is 35.1 Å². The molecule has 4 saturated carbocycles. The van der Waals surface area contributed by atoms with Crippen LogP contribution in [0.5, 0.6) is 0 Å². The molecule has 0 aromatic rings. The fourth-order valence-electron chi connectivity index (χ4n) is 8.03. The first kappa shape index (κ1) is 28.4. The predicted molar refractivity (Wildman–Crippen MR) is 145 cm³/mol. The summed E-state index contributed by atoms with van der Waals surface area (Å²) in [4.78, 5) is 1.97. The van der Waals surface area contributed by atoms with Gasteiger partial charge < -0.3 is 15.6 Å². The predicted octanol–water partition coefficient (Wildman–Crippen LogP) is 7.26. The normalized spacial score (nSPS) is 43.1. The van der Waals surface area contributed by atoms with Gasteiger partial charge in [-0.25, -0.2) is 0 Å². The minimum absolute atomic E-state index is 0.127. The first-order valence-corrected chi connectivity index (χ1v) is 15.2. The van der Waals surface area contributed by atoms with Crippen LogP contribution in [0.4, 0.5) is 0 Å². The maximum atomic E-state index is 10.6. The molecule has 0 radical (unpaired) electrons. The summed E-state index contributed by atoms with van der Waals surface area (Å²) in [5.41, 5.74) is 11.8. The number of hydrogen-bond donors (Lipinski definition) is 2. The zero-order valence-electron chi connectivity index (χ0n) is 21.8. The Morgan fingerprint density at radius 2 is 1.75 bits per heavy atom. The van der Waals surface area contributed by atoms with Crippen molar-refractivity contribution in [3.63, 3.8) is 0 Å². The number of ether oxygens (including phenoxy) is 1. The molecule has 3 N–H and O–H groups in total. The van der Waals surface area contributed by atoms with Gasteiger partial charge in [-0.05, 0) is 117 Å². The van der Waals surface area contributed by atoms with Crippen molar-refractivity contribution in [2.75, 3.05) is 4.93 Å². The lowest BCUT2D eigenvalue weighted by molar-refractivity contribution is -0.264. The van der Waals surface area contributed by atoms with Gasteiger partial charge in [0.2, 0.25) is 0 Å². The highest BCUT2D eigenvalue weighted by molar-refractivity contribution is 14.1. The van der Waals surface area contributed by atoms with E-state index in [4.69, 9.17) is 10.5 Å². The second-order valence-electron chi connectivity index (χ2n) is 11.4. The minimum atomic E-state index is -1.08. The van der Waals surface area contributed by atoms with Crippen molar-refractivity contribution in [1.82, 2.24) is 0 Å². The van der Waals surface area contributed by atoms with E-state index in [2.05, 4.69) is 48.7 Å². The molecular weight excluding hydrogens is 509 g/mol. The summed E-state index contributed by atoms with van der Waals surface area (Å²) >= 11 is 2.15. The third-order valence-electron chi connectivity index (χ3n) is 9.37. The Hall–Kier alpha value is 0.130. The third-order valence-corrected chi connectivity index (χ3v) is 9.37.